The third-order valence-corrected chi connectivity index (χ3v) is 3.80. The Bertz CT molecular complexity index is 761. The summed E-state index contributed by atoms with van der Waals surface area (Å²) >= 11 is 11.7. The van der Waals surface area contributed by atoms with E-state index in [9.17, 15) is 9.59 Å². The molecule has 0 bridgehead atoms. The van der Waals surface area contributed by atoms with Crippen LogP contribution in [0, 0.1) is 0 Å². The van der Waals surface area contributed by atoms with Gasteiger partial charge < -0.3 is 10.1 Å². The molecular formula is C16H11Cl2NO3. The van der Waals surface area contributed by atoms with Crippen LogP contribution in [0.1, 0.15) is 15.9 Å². The summed E-state index contributed by atoms with van der Waals surface area (Å²) in [5, 5.41) is 3.66. The van der Waals surface area contributed by atoms with Gasteiger partial charge in [-0.15, -0.1) is 0 Å². The van der Waals surface area contributed by atoms with Gasteiger partial charge in [-0.3, -0.25) is 4.79 Å². The van der Waals surface area contributed by atoms with E-state index < -0.39 is 18.0 Å². The fourth-order valence-electron chi connectivity index (χ4n) is 2.29. The Balaban J connectivity index is 1.78. The van der Waals surface area contributed by atoms with Crippen molar-refractivity contribution in [1.82, 2.24) is 0 Å². The highest BCUT2D eigenvalue weighted by Crippen LogP contribution is 2.25. The zero-order chi connectivity index (χ0) is 15.7. The second-order valence-electron chi connectivity index (χ2n) is 4.90. The Kier molecular flexibility index (Phi) is 4.05. The predicted octanol–water partition coefficient (Wildman–Crippen LogP) is 3.71. The molecule has 0 spiro atoms. The number of carbonyl (C=O) groups excluding carboxylic acids is 2. The lowest BCUT2D eigenvalue weighted by molar-refractivity contribution is -0.125. The number of rotatable bonds is 2. The molecule has 22 heavy (non-hydrogen) atoms. The van der Waals surface area contributed by atoms with Gasteiger partial charge in [-0.2, -0.15) is 0 Å². The van der Waals surface area contributed by atoms with E-state index in [0.29, 0.717) is 27.7 Å². The van der Waals surface area contributed by atoms with E-state index in [-0.39, 0.29) is 0 Å². The number of ether oxygens (including phenoxy) is 1. The standard InChI is InChI=1S/C16H11Cl2NO3/c17-10-2-1-3-12(7-10)19-15(20)14-6-9-4-5-11(18)8-13(9)16(21)22-14/h1-5,7-8,14H,6H2,(H,19,20)/t14-/m1/s1. The van der Waals surface area contributed by atoms with Crippen molar-refractivity contribution in [3.8, 4) is 0 Å². The van der Waals surface area contributed by atoms with Crippen LogP contribution in [0.4, 0.5) is 5.69 Å². The van der Waals surface area contributed by atoms with E-state index >= 15 is 0 Å². The number of fused-ring (bicyclic) bond motifs is 1. The summed E-state index contributed by atoms with van der Waals surface area (Å²) in [6.45, 7) is 0. The monoisotopic (exact) mass is 335 g/mol. The van der Waals surface area contributed by atoms with Crippen LogP contribution in [0.25, 0.3) is 0 Å². The zero-order valence-electron chi connectivity index (χ0n) is 11.3. The molecule has 0 aromatic heterocycles. The van der Waals surface area contributed by atoms with Gasteiger partial charge in [0.2, 0.25) is 0 Å². The van der Waals surface area contributed by atoms with Crippen molar-refractivity contribution < 1.29 is 14.3 Å². The van der Waals surface area contributed by atoms with Gasteiger partial charge in [-0.25, -0.2) is 4.79 Å². The molecule has 4 nitrogen and oxygen atoms in total. The molecule has 1 atom stereocenters. The average Bonchev–Trinajstić information content (AvgIpc) is 2.48. The second kappa shape index (κ2) is 5.99. The molecule has 2 aromatic carbocycles. The van der Waals surface area contributed by atoms with Gasteiger partial charge in [0.1, 0.15) is 0 Å². The number of anilines is 1. The molecule has 3 rings (SSSR count). The maximum absolute atomic E-state index is 12.2. The topological polar surface area (TPSA) is 55.4 Å². The molecule has 0 radical (unpaired) electrons. The molecule has 0 unspecified atom stereocenters. The van der Waals surface area contributed by atoms with Crippen LogP contribution >= 0.6 is 23.2 Å². The summed E-state index contributed by atoms with van der Waals surface area (Å²) < 4.78 is 5.19. The smallest absolute Gasteiger partial charge is 0.339 e. The lowest BCUT2D eigenvalue weighted by atomic mass is 9.98. The first-order chi connectivity index (χ1) is 10.5. The van der Waals surface area contributed by atoms with E-state index in [4.69, 9.17) is 27.9 Å². The van der Waals surface area contributed by atoms with E-state index in [1.54, 1.807) is 42.5 Å². The highest BCUT2D eigenvalue weighted by atomic mass is 35.5. The number of esters is 1. The fourth-order valence-corrected chi connectivity index (χ4v) is 2.65. The average molecular weight is 336 g/mol. The molecule has 1 amide bonds. The first-order valence-electron chi connectivity index (χ1n) is 6.59. The van der Waals surface area contributed by atoms with E-state index in [1.165, 1.54) is 0 Å². The number of hydrogen-bond acceptors (Lipinski definition) is 3. The van der Waals surface area contributed by atoms with Crippen LogP contribution in [-0.2, 0) is 16.0 Å². The van der Waals surface area contributed by atoms with Gasteiger partial charge >= 0.3 is 5.97 Å². The van der Waals surface area contributed by atoms with Crippen molar-refractivity contribution in [3.63, 3.8) is 0 Å². The van der Waals surface area contributed by atoms with Crippen LogP contribution in [0.2, 0.25) is 10.0 Å². The number of hydrogen-bond donors (Lipinski definition) is 1. The summed E-state index contributed by atoms with van der Waals surface area (Å²) in [5.41, 5.74) is 1.70. The van der Waals surface area contributed by atoms with Gasteiger partial charge in [-0.1, -0.05) is 35.3 Å². The quantitative estimate of drug-likeness (QED) is 0.851. The Labute approximate surface area is 137 Å². The van der Waals surface area contributed by atoms with Crippen molar-refractivity contribution in [1.29, 1.82) is 0 Å². The van der Waals surface area contributed by atoms with Gasteiger partial charge in [0.05, 0.1) is 5.56 Å². The Morgan fingerprint density at radius 2 is 1.91 bits per heavy atom. The molecule has 112 valence electrons. The molecule has 1 N–H and O–H groups in total. The van der Waals surface area contributed by atoms with Gasteiger partial charge in [-0.05, 0) is 35.9 Å². The summed E-state index contributed by atoms with van der Waals surface area (Å²) in [5.74, 6) is -0.939. The van der Waals surface area contributed by atoms with Crippen molar-refractivity contribution in [2.24, 2.45) is 0 Å². The number of nitrogens with one attached hydrogen (secondary N) is 1. The highest BCUT2D eigenvalue weighted by Gasteiger charge is 2.31. The van der Waals surface area contributed by atoms with Gasteiger partial charge in [0, 0.05) is 22.2 Å². The number of cyclic esters (lactones) is 1. The van der Waals surface area contributed by atoms with E-state index in [2.05, 4.69) is 5.32 Å². The normalized spacial score (nSPS) is 16.6. The van der Waals surface area contributed by atoms with Crippen LogP contribution < -0.4 is 5.32 Å². The molecule has 1 aliphatic rings. The molecule has 6 heteroatoms. The minimum Gasteiger partial charge on any atom is -0.448 e. The Morgan fingerprint density at radius 3 is 2.68 bits per heavy atom. The lowest BCUT2D eigenvalue weighted by Gasteiger charge is -2.24. The van der Waals surface area contributed by atoms with E-state index in [1.807, 2.05) is 0 Å². The van der Waals surface area contributed by atoms with Crippen molar-refractivity contribution in [2.75, 3.05) is 5.32 Å². The van der Waals surface area contributed by atoms with Crippen LogP contribution in [-0.4, -0.2) is 18.0 Å². The number of halogens is 2. The zero-order valence-corrected chi connectivity index (χ0v) is 12.8. The highest BCUT2D eigenvalue weighted by molar-refractivity contribution is 6.31. The van der Waals surface area contributed by atoms with Crippen LogP contribution in [0.5, 0.6) is 0 Å². The summed E-state index contributed by atoms with van der Waals surface area (Å²) in [7, 11) is 0. The lowest BCUT2D eigenvalue weighted by Crippen LogP contribution is -2.38. The molecule has 0 saturated carbocycles. The van der Waals surface area contributed by atoms with Crippen molar-refractivity contribution >= 4 is 40.8 Å². The summed E-state index contributed by atoms with van der Waals surface area (Å²) in [6, 6.07) is 11.7. The molecule has 0 saturated heterocycles. The minimum atomic E-state index is -0.875. The van der Waals surface area contributed by atoms with Crippen LogP contribution in [0.3, 0.4) is 0 Å². The number of amides is 1. The predicted molar refractivity (Wildman–Crippen MR) is 84.4 cm³/mol. The largest absolute Gasteiger partial charge is 0.448 e. The molecule has 1 aliphatic heterocycles. The summed E-state index contributed by atoms with van der Waals surface area (Å²) in [4.78, 5) is 24.2. The third-order valence-electron chi connectivity index (χ3n) is 3.33. The van der Waals surface area contributed by atoms with Crippen molar-refractivity contribution in [3.05, 3.63) is 63.6 Å². The first kappa shape index (κ1) is 14.9. The van der Waals surface area contributed by atoms with E-state index in [0.717, 1.165) is 5.56 Å². The molecular weight excluding hydrogens is 325 g/mol. The SMILES string of the molecule is O=C1O[C@@H](C(=O)Nc2cccc(Cl)c2)Cc2ccc(Cl)cc21. The molecule has 0 aliphatic carbocycles. The van der Waals surface area contributed by atoms with Crippen molar-refractivity contribution in [2.45, 2.75) is 12.5 Å². The number of carbonyl (C=O) groups is 2. The Hall–Kier alpha value is -2.04. The second-order valence-corrected chi connectivity index (χ2v) is 5.77. The first-order valence-corrected chi connectivity index (χ1v) is 7.34. The molecule has 0 fully saturated rings. The fraction of sp³-hybridized carbons (Fsp3) is 0.125. The Morgan fingerprint density at radius 1 is 1.14 bits per heavy atom. The van der Waals surface area contributed by atoms with Gasteiger partial charge in [0.25, 0.3) is 5.91 Å². The summed E-state index contributed by atoms with van der Waals surface area (Å²) in [6.07, 6.45) is -0.565. The number of benzene rings is 2. The third kappa shape index (κ3) is 3.08. The van der Waals surface area contributed by atoms with Gasteiger partial charge in [0.15, 0.2) is 6.10 Å². The maximum Gasteiger partial charge on any atom is 0.339 e. The molecule has 1 heterocycles. The maximum atomic E-state index is 12.2. The molecule has 2 aromatic rings. The minimum absolute atomic E-state index is 0.310. The van der Waals surface area contributed by atoms with Crippen LogP contribution in [0.15, 0.2) is 42.5 Å².